The molecule has 4 aromatic carbocycles. The maximum absolute atomic E-state index is 2.72. The van der Waals surface area contributed by atoms with Gasteiger partial charge in [0.15, 0.2) is 0 Å². The molecular weight excluding hydrogens is 520 g/mol. The molecule has 2 aliphatic rings. The molecular formula is C41H49N2. The van der Waals surface area contributed by atoms with Crippen LogP contribution in [-0.2, 0) is 5.41 Å². The molecule has 0 spiro atoms. The SMILES string of the molecule is CC(C)c1cccc(C(C)C)c1N1[C](c2ccc(N3c4ccccc4C(C)(C)c4ccccc43)cc2)C(C)(C)CC1(C)C. The lowest BCUT2D eigenvalue weighted by molar-refractivity contribution is 0.376. The molecule has 2 aliphatic heterocycles. The first-order valence-electron chi connectivity index (χ1n) is 16.2. The first-order valence-corrected chi connectivity index (χ1v) is 16.2. The van der Waals surface area contributed by atoms with Crippen molar-refractivity contribution in [2.45, 2.75) is 98.4 Å². The van der Waals surface area contributed by atoms with Crippen LogP contribution in [0.1, 0.15) is 115 Å². The van der Waals surface area contributed by atoms with Crippen LogP contribution in [0.3, 0.4) is 0 Å². The molecule has 0 N–H and O–H groups in total. The molecule has 223 valence electrons. The minimum atomic E-state index is -0.0582. The van der Waals surface area contributed by atoms with Crippen LogP contribution in [0.25, 0.3) is 0 Å². The van der Waals surface area contributed by atoms with Crippen molar-refractivity contribution >= 4 is 22.7 Å². The second-order valence-corrected chi connectivity index (χ2v) is 15.2. The second-order valence-electron chi connectivity index (χ2n) is 15.2. The molecule has 1 saturated heterocycles. The lowest BCUT2D eigenvalue weighted by Crippen LogP contribution is -2.42. The van der Waals surface area contributed by atoms with Crippen LogP contribution in [0.15, 0.2) is 91.0 Å². The van der Waals surface area contributed by atoms with E-state index < -0.39 is 0 Å². The highest BCUT2D eigenvalue weighted by Crippen LogP contribution is 2.58. The number of nitrogens with zero attached hydrogens (tertiary/aromatic N) is 2. The van der Waals surface area contributed by atoms with Gasteiger partial charge < -0.3 is 9.80 Å². The molecule has 2 heteroatoms. The number of hydrogen-bond acceptors (Lipinski definition) is 2. The van der Waals surface area contributed by atoms with E-state index in [0.29, 0.717) is 11.8 Å². The predicted octanol–water partition coefficient (Wildman–Crippen LogP) is 11.6. The molecule has 1 radical (unpaired) electrons. The molecule has 1 fully saturated rings. The predicted molar refractivity (Wildman–Crippen MR) is 185 cm³/mol. The third-order valence-corrected chi connectivity index (χ3v) is 9.95. The van der Waals surface area contributed by atoms with Gasteiger partial charge in [0.05, 0.1) is 17.4 Å². The van der Waals surface area contributed by atoms with E-state index in [-0.39, 0.29) is 16.4 Å². The Morgan fingerprint density at radius 1 is 0.581 bits per heavy atom. The Morgan fingerprint density at radius 3 is 1.56 bits per heavy atom. The summed E-state index contributed by atoms with van der Waals surface area (Å²) in [5.41, 5.74) is 12.0. The Balaban J connectivity index is 1.49. The van der Waals surface area contributed by atoms with Crippen molar-refractivity contribution in [2.24, 2.45) is 5.41 Å². The number of hydrogen-bond donors (Lipinski definition) is 0. The first-order chi connectivity index (χ1) is 20.3. The van der Waals surface area contributed by atoms with E-state index in [1.54, 1.807) is 0 Å². The van der Waals surface area contributed by atoms with Gasteiger partial charge in [-0.25, -0.2) is 0 Å². The molecule has 0 saturated carbocycles. The zero-order chi connectivity index (χ0) is 30.9. The number of para-hydroxylation sites is 3. The van der Waals surface area contributed by atoms with Crippen molar-refractivity contribution < 1.29 is 0 Å². The van der Waals surface area contributed by atoms with Gasteiger partial charge in [0.25, 0.3) is 0 Å². The number of fused-ring (bicyclic) bond motifs is 2. The van der Waals surface area contributed by atoms with Crippen molar-refractivity contribution in [1.82, 2.24) is 0 Å². The van der Waals surface area contributed by atoms with Crippen LogP contribution in [-0.4, -0.2) is 5.54 Å². The zero-order valence-electron chi connectivity index (χ0n) is 27.9. The van der Waals surface area contributed by atoms with Crippen LogP contribution in [0, 0.1) is 11.5 Å². The van der Waals surface area contributed by atoms with Crippen LogP contribution in [0.5, 0.6) is 0 Å². The third-order valence-electron chi connectivity index (χ3n) is 9.95. The lowest BCUT2D eigenvalue weighted by atomic mass is 9.73. The number of rotatable bonds is 5. The largest absolute Gasteiger partial charge is 0.353 e. The normalized spacial score (nSPS) is 18.7. The van der Waals surface area contributed by atoms with Gasteiger partial charge in [-0.1, -0.05) is 122 Å². The Hall–Kier alpha value is -3.52. The summed E-state index contributed by atoms with van der Waals surface area (Å²) in [6.07, 6.45) is 1.10. The summed E-state index contributed by atoms with van der Waals surface area (Å²) in [7, 11) is 0. The van der Waals surface area contributed by atoms with Crippen LogP contribution in [0.4, 0.5) is 22.7 Å². The van der Waals surface area contributed by atoms with Gasteiger partial charge in [-0.05, 0) is 89.6 Å². The monoisotopic (exact) mass is 569 g/mol. The van der Waals surface area contributed by atoms with E-state index >= 15 is 0 Å². The number of benzene rings is 4. The Morgan fingerprint density at radius 2 is 1.07 bits per heavy atom. The first kappa shape index (κ1) is 29.5. The van der Waals surface area contributed by atoms with Crippen molar-refractivity contribution in [1.29, 1.82) is 0 Å². The van der Waals surface area contributed by atoms with Gasteiger partial charge in [0, 0.05) is 22.3 Å². The summed E-state index contributed by atoms with van der Waals surface area (Å²) in [4.78, 5) is 5.18. The van der Waals surface area contributed by atoms with Crippen LogP contribution in [0.2, 0.25) is 0 Å². The average molecular weight is 570 g/mol. The molecule has 43 heavy (non-hydrogen) atoms. The van der Waals surface area contributed by atoms with Gasteiger partial charge in [-0.15, -0.1) is 0 Å². The van der Waals surface area contributed by atoms with Crippen molar-refractivity contribution in [2.75, 3.05) is 9.80 Å². The smallest absolute Gasteiger partial charge is 0.0989 e. The Bertz CT molecular complexity index is 1560. The minimum Gasteiger partial charge on any atom is -0.353 e. The van der Waals surface area contributed by atoms with E-state index in [1.165, 1.54) is 56.6 Å². The van der Waals surface area contributed by atoms with Crippen molar-refractivity contribution in [3.8, 4) is 0 Å². The zero-order valence-corrected chi connectivity index (χ0v) is 27.9. The highest BCUT2D eigenvalue weighted by molar-refractivity contribution is 5.86. The Labute approximate surface area is 260 Å². The quantitative estimate of drug-likeness (QED) is 0.236. The number of anilines is 4. The topological polar surface area (TPSA) is 6.48 Å². The second kappa shape index (κ2) is 10.3. The van der Waals surface area contributed by atoms with E-state index in [0.717, 1.165) is 6.42 Å². The summed E-state index contributed by atoms with van der Waals surface area (Å²) in [6, 6.07) is 35.6. The van der Waals surface area contributed by atoms with E-state index in [1.807, 2.05) is 0 Å². The molecule has 0 atom stereocenters. The standard InChI is InChI=1S/C41H49N2/c1-27(2)31-16-15-17-32(28(3)4)37(31)43-38(39(5,6)26-40(43,7)8)29-22-24-30(25-23-29)42-35-20-13-11-18-33(35)41(9,10)34-19-12-14-21-36(34)42/h11-25,27-28H,26H2,1-10H3. The van der Waals surface area contributed by atoms with Gasteiger partial charge >= 0.3 is 0 Å². The van der Waals surface area contributed by atoms with E-state index in [2.05, 4.69) is 170 Å². The summed E-state index contributed by atoms with van der Waals surface area (Å²) in [6.45, 7) is 23.8. The van der Waals surface area contributed by atoms with E-state index in [9.17, 15) is 0 Å². The van der Waals surface area contributed by atoms with E-state index in [4.69, 9.17) is 0 Å². The van der Waals surface area contributed by atoms with Gasteiger partial charge in [0.1, 0.15) is 0 Å². The maximum Gasteiger partial charge on any atom is 0.0989 e. The van der Waals surface area contributed by atoms with Crippen molar-refractivity contribution in [3.05, 3.63) is 125 Å². The molecule has 0 amide bonds. The summed E-state index contributed by atoms with van der Waals surface area (Å²) >= 11 is 0. The van der Waals surface area contributed by atoms with Gasteiger partial charge in [-0.2, -0.15) is 0 Å². The van der Waals surface area contributed by atoms with Gasteiger partial charge in [0.2, 0.25) is 0 Å². The lowest BCUT2D eigenvalue weighted by Gasteiger charge is -2.43. The summed E-state index contributed by atoms with van der Waals surface area (Å²) in [5, 5.41) is 0. The fourth-order valence-corrected chi connectivity index (χ4v) is 8.27. The minimum absolute atomic E-state index is 0.0114. The molecule has 0 bridgehead atoms. The van der Waals surface area contributed by atoms with Crippen LogP contribution >= 0.6 is 0 Å². The molecule has 0 unspecified atom stereocenters. The summed E-state index contributed by atoms with van der Waals surface area (Å²) in [5.74, 6) is 0.889. The average Bonchev–Trinajstić information content (AvgIpc) is 3.15. The summed E-state index contributed by atoms with van der Waals surface area (Å²) < 4.78 is 0. The maximum atomic E-state index is 2.72. The van der Waals surface area contributed by atoms with Gasteiger partial charge in [-0.3, -0.25) is 0 Å². The van der Waals surface area contributed by atoms with Crippen LogP contribution < -0.4 is 9.80 Å². The highest BCUT2D eigenvalue weighted by atomic mass is 15.3. The molecule has 0 aliphatic carbocycles. The molecule has 4 aromatic rings. The van der Waals surface area contributed by atoms with Crippen molar-refractivity contribution in [3.63, 3.8) is 0 Å². The molecule has 2 nitrogen and oxygen atoms in total. The molecule has 2 heterocycles. The fraction of sp³-hybridized carbons (Fsp3) is 0.390. The fourth-order valence-electron chi connectivity index (χ4n) is 8.27. The highest BCUT2D eigenvalue weighted by Gasteiger charge is 2.53. The molecule has 6 rings (SSSR count). The third kappa shape index (κ3) is 4.69. The Kier molecular flexibility index (Phi) is 7.07. The molecule has 0 aromatic heterocycles.